The molecule has 3 rings (SSSR count). The molecule has 1 aromatic heterocycles. The van der Waals surface area contributed by atoms with Gasteiger partial charge in [0, 0.05) is 11.1 Å². The van der Waals surface area contributed by atoms with Crippen molar-refractivity contribution in [3.8, 4) is 5.75 Å². The molecule has 0 aliphatic carbocycles. The zero-order valence-electron chi connectivity index (χ0n) is 14.8. The first kappa shape index (κ1) is 17.5. The highest BCUT2D eigenvalue weighted by molar-refractivity contribution is 6.13. The van der Waals surface area contributed by atoms with E-state index in [1.165, 1.54) is 0 Å². The second kappa shape index (κ2) is 7.31. The predicted molar refractivity (Wildman–Crippen MR) is 97.9 cm³/mol. The Balaban J connectivity index is 1.85. The van der Waals surface area contributed by atoms with Crippen molar-refractivity contribution in [1.82, 2.24) is 0 Å². The normalized spacial score (nSPS) is 10.6. The minimum atomic E-state index is -0.394. The average Bonchev–Trinajstić information content (AvgIpc) is 2.97. The molecule has 0 radical (unpaired) electrons. The van der Waals surface area contributed by atoms with Crippen LogP contribution in [0.25, 0.3) is 11.0 Å². The number of hydrogen-bond acceptors (Lipinski definition) is 5. The first-order valence-electron chi connectivity index (χ1n) is 8.19. The molecule has 0 atom stereocenters. The molecule has 0 fully saturated rings. The maximum Gasteiger partial charge on any atom is 0.338 e. The third-order valence-electron chi connectivity index (χ3n) is 3.95. The van der Waals surface area contributed by atoms with Crippen LogP contribution in [0.3, 0.4) is 0 Å². The molecule has 0 spiro atoms. The molecule has 134 valence electrons. The Morgan fingerprint density at radius 1 is 1.12 bits per heavy atom. The number of nitrogens with one attached hydrogen (secondary N) is 1. The van der Waals surface area contributed by atoms with E-state index in [4.69, 9.17) is 13.9 Å². The largest absolute Gasteiger partial charge is 0.497 e. The smallest absolute Gasteiger partial charge is 0.338 e. The van der Waals surface area contributed by atoms with Crippen LogP contribution in [0.4, 0.5) is 5.69 Å². The number of anilines is 1. The molecule has 0 saturated carbocycles. The number of aryl methyl sites for hydroxylation is 1. The number of carbonyl (C=O) groups excluding carboxylic acids is 2. The quantitative estimate of drug-likeness (QED) is 0.696. The predicted octanol–water partition coefficient (Wildman–Crippen LogP) is 4.18. The molecular formula is C20H19NO5. The van der Waals surface area contributed by atoms with E-state index >= 15 is 0 Å². The van der Waals surface area contributed by atoms with Crippen LogP contribution in [0.1, 0.15) is 33.4 Å². The van der Waals surface area contributed by atoms with Crippen molar-refractivity contribution in [2.24, 2.45) is 0 Å². The number of methoxy groups -OCH3 is 1. The summed E-state index contributed by atoms with van der Waals surface area (Å²) in [6.45, 7) is 3.80. The van der Waals surface area contributed by atoms with Crippen LogP contribution in [-0.4, -0.2) is 25.6 Å². The van der Waals surface area contributed by atoms with Crippen LogP contribution in [0.5, 0.6) is 5.75 Å². The lowest BCUT2D eigenvalue weighted by Gasteiger charge is -2.07. The van der Waals surface area contributed by atoms with Crippen LogP contribution in [0, 0.1) is 6.92 Å². The third kappa shape index (κ3) is 3.39. The summed E-state index contributed by atoms with van der Waals surface area (Å²) in [5.41, 5.74) is 2.07. The Hall–Kier alpha value is -3.28. The van der Waals surface area contributed by atoms with Gasteiger partial charge < -0.3 is 19.2 Å². The zero-order valence-corrected chi connectivity index (χ0v) is 14.8. The number of fused-ring (bicyclic) bond motifs is 1. The van der Waals surface area contributed by atoms with E-state index in [0.29, 0.717) is 45.9 Å². The van der Waals surface area contributed by atoms with Crippen LogP contribution in [-0.2, 0) is 4.74 Å². The summed E-state index contributed by atoms with van der Waals surface area (Å²) in [5.74, 6) is 0.479. The standard InChI is InChI=1S/C20H19NO5/c1-4-25-20(23)13-5-7-14(8-6-13)21-19(22)18-12(2)26-17-10-9-15(24-3)11-16(17)18/h5-11H,4H2,1-3H3,(H,21,22). The minimum Gasteiger partial charge on any atom is -0.497 e. The monoisotopic (exact) mass is 353 g/mol. The van der Waals surface area contributed by atoms with Crippen molar-refractivity contribution < 1.29 is 23.5 Å². The van der Waals surface area contributed by atoms with Crippen molar-refractivity contribution in [2.45, 2.75) is 13.8 Å². The molecule has 6 heteroatoms. The highest BCUT2D eigenvalue weighted by atomic mass is 16.5. The van der Waals surface area contributed by atoms with E-state index in [9.17, 15) is 9.59 Å². The lowest BCUT2D eigenvalue weighted by molar-refractivity contribution is 0.0526. The summed E-state index contributed by atoms with van der Waals surface area (Å²) >= 11 is 0. The van der Waals surface area contributed by atoms with Gasteiger partial charge in [-0.3, -0.25) is 4.79 Å². The Labute approximate surface area is 150 Å². The lowest BCUT2D eigenvalue weighted by Crippen LogP contribution is -2.13. The number of benzene rings is 2. The summed E-state index contributed by atoms with van der Waals surface area (Å²) in [6.07, 6.45) is 0. The van der Waals surface area contributed by atoms with Crippen LogP contribution < -0.4 is 10.1 Å². The van der Waals surface area contributed by atoms with Gasteiger partial charge in [-0.25, -0.2) is 4.79 Å². The van der Waals surface area contributed by atoms with Gasteiger partial charge in [0.25, 0.3) is 5.91 Å². The van der Waals surface area contributed by atoms with Crippen LogP contribution in [0.2, 0.25) is 0 Å². The lowest BCUT2D eigenvalue weighted by atomic mass is 10.1. The highest BCUT2D eigenvalue weighted by Crippen LogP contribution is 2.29. The van der Waals surface area contributed by atoms with Gasteiger partial charge in [0.15, 0.2) is 0 Å². The molecule has 2 aromatic carbocycles. The maximum atomic E-state index is 12.7. The molecule has 1 N–H and O–H groups in total. The topological polar surface area (TPSA) is 77.8 Å². The molecule has 0 bridgehead atoms. The van der Waals surface area contributed by atoms with Gasteiger partial charge in [-0.1, -0.05) is 0 Å². The first-order chi connectivity index (χ1) is 12.5. The van der Waals surface area contributed by atoms with E-state index in [1.54, 1.807) is 63.4 Å². The van der Waals surface area contributed by atoms with Gasteiger partial charge >= 0.3 is 5.97 Å². The molecule has 6 nitrogen and oxygen atoms in total. The summed E-state index contributed by atoms with van der Waals surface area (Å²) < 4.78 is 15.8. The number of rotatable bonds is 5. The van der Waals surface area contributed by atoms with Gasteiger partial charge in [0.2, 0.25) is 0 Å². The summed E-state index contributed by atoms with van der Waals surface area (Å²) in [7, 11) is 1.57. The van der Waals surface area contributed by atoms with Crippen molar-refractivity contribution >= 4 is 28.5 Å². The number of furan rings is 1. The van der Waals surface area contributed by atoms with E-state index in [1.807, 2.05) is 0 Å². The molecule has 0 aliphatic rings. The van der Waals surface area contributed by atoms with E-state index in [0.717, 1.165) is 0 Å². The second-order valence-electron chi connectivity index (χ2n) is 5.65. The van der Waals surface area contributed by atoms with Gasteiger partial charge in [-0.2, -0.15) is 0 Å². The summed E-state index contributed by atoms with van der Waals surface area (Å²) in [4.78, 5) is 24.4. The third-order valence-corrected chi connectivity index (χ3v) is 3.95. The molecule has 0 saturated heterocycles. The van der Waals surface area contributed by atoms with E-state index in [2.05, 4.69) is 5.32 Å². The van der Waals surface area contributed by atoms with Gasteiger partial charge in [0.1, 0.15) is 17.1 Å². The number of hydrogen-bond donors (Lipinski definition) is 1. The molecule has 1 heterocycles. The Bertz CT molecular complexity index is 956. The summed E-state index contributed by atoms with van der Waals surface area (Å²) in [6, 6.07) is 11.8. The molecule has 0 unspecified atom stereocenters. The number of ether oxygens (including phenoxy) is 2. The number of esters is 1. The van der Waals surface area contributed by atoms with Crippen molar-refractivity contribution in [3.05, 3.63) is 59.4 Å². The second-order valence-corrected chi connectivity index (χ2v) is 5.65. The van der Waals surface area contributed by atoms with Gasteiger partial charge in [-0.15, -0.1) is 0 Å². The van der Waals surface area contributed by atoms with Crippen molar-refractivity contribution in [3.63, 3.8) is 0 Å². The number of carbonyl (C=O) groups is 2. The van der Waals surface area contributed by atoms with Crippen LogP contribution >= 0.6 is 0 Å². The average molecular weight is 353 g/mol. The highest BCUT2D eigenvalue weighted by Gasteiger charge is 2.19. The molecule has 3 aromatic rings. The maximum absolute atomic E-state index is 12.7. The van der Waals surface area contributed by atoms with Gasteiger partial charge in [-0.05, 0) is 56.3 Å². The number of amides is 1. The Kier molecular flexibility index (Phi) is 4.93. The van der Waals surface area contributed by atoms with Gasteiger partial charge in [0.05, 0.1) is 24.8 Å². The fraction of sp³-hybridized carbons (Fsp3) is 0.200. The molecular weight excluding hydrogens is 334 g/mol. The van der Waals surface area contributed by atoms with E-state index in [-0.39, 0.29) is 5.91 Å². The Morgan fingerprint density at radius 3 is 2.50 bits per heavy atom. The van der Waals surface area contributed by atoms with E-state index < -0.39 is 5.97 Å². The molecule has 1 amide bonds. The van der Waals surface area contributed by atoms with Crippen molar-refractivity contribution in [1.29, 1.82) is 0 Å². The van der Waals surface area contributed by atoms with Crippen LogP contribution in [0.15, 0.2) is 46.9 Å². The first-order valence-corrected chi connectivity index (χ1v) is 8.19. The SMILES string of the molecule is CCOC(=O)c1ccc(NC(=O)c2c(C)oc3ccc(OC)cc23)cc1. The molecule has 26 heavy (non-hydrogen) atoms. The fourth-order valence-corrected chi connectivity index (χ4v) is 2.71. The minimum absolute atomic E-state index is 0.293. The zero-order chi connectivity index (χ0) is 18.7. The van der Waals surface area contributed by atoms with Crippen molar-refractivity contribution in [2.75, 3.05) is 19.0 Å². The summed E-state index contributed by atoms with van der Waals surface area (Å²) in [5, 5.41) is 3.50. The fourth-order valence-electron chi connectivity index (χ4n) is 2.71. The Morgan fingerprint density at radius 2 is 1.85 bits per heavy atom. The molecule has 0 aliphatic heterocycles.